The van der Waals surface area contributed by atoms with Crippen LogP contribution in [0.1, 0.15) is 40.9 Å². The van der Waals surface area contributed by atoms with Gasteiger partial charge in [0, 0.05) is 19.3 Å². The third kappa shape index (κ3) is 6.33. The molecule has 1 amide bonds. The van der Waals surface area contributed by atoms with Crippen LogP contribution in [-0.4, -0.2) is 49.3 Å². The number of hydrogen-bond donors (Lipinski definition) is 1. The van der Waals surface area contributed by atoms with Gasteiger partial charge in [-0.3, -0.25) is 9.78 Å². The summed E-state index contributed by atoms with van der Waals surface area (Å²) >= 11 is 0. The molecule has 37 heavy (non-hydrogen) atoms. The predicted molar refractivity (Wildman–Crippen MR) is 136 cm³/mol. The Kier molecular flexibility index (Phi) is 8.52. The molecule has 3 aromatic rings. The van der Waals surface area contributed by atoms with E-state index < -0.39 is 22.0 Å². The Morgan fingerprint density at radius 2 is 1.81 bits per heavy atom. The van der Waals surface area contributed by atoms with Crippen LogP contribution >= 0.6 is 0 Å². The number of hydrogen-bond acceptors (Lipinski definition) is 7. The number of nitrogens with one attached hydrogen (secondary N) is 1. The fraction of sp³-hybridized carbons (Fsp3) is 0.296. The lowest BCUT2D eigenvalue weighted by Crippen LogP contribution is -2.48. The van der Waals surface area contributed by atoms with Crippen molar-refractivity contribution in [2.24, 2.45) is 0 Å². The van der Waals surface area contributed by atoms with E-state index in [9.17, 15) is 18.0 Å². The van der Waals surface area contributed by atoms with Crippen LogP contribution in [0.15, 0.2) is 77.8 Å². The molecule has 0 unspecified atom stereocenters. The Balaban J connectivity index is 1.63. The van der Waals surface area contributed by atoms with Crippen LogP contribution < -0.4 is 10.1 Å². The number of carbonyl (C=O) groups is 2. The van der Waals surface area contributed by atoms with Gasteiger partial charge in [0.2, 0.25) is 15.9 Å². The van der Waals surface area contributed by atoms with Gasteiger partial charge in [0.25, 0.3) is 0 Å². The number of esters is 1. The standard InChI is InChI=1S/C27H29N3O6S/c1-35-27(32)23-9-2-3-11-25(23)37(33,34)30(24-10-5-7-17-29-26(24)31)18-20-12-14-22(15-13-20)36-19-21-8-4-6-16-28-21/h2-4,6,8-9,11-16,24H,5,7,10,17-19H2,1H3,(H,29,31)/t24-/m0/s1. The van der Waals surface area contributed by atoms with Crippen molar-refractivity contribution in [1.29, 1.82) is 0 Å². The molecule has 9 nitrogen and oxygen atoms in total. The number of nitrogens with zero attached hydrogens (tertiary/aromatic N) is 2. The van der Waals surface area contributed by atoms with E-state index in [-0.39, 0.29) is 22.9 Å². The van der Waals surface area contributed by atoms with E-state index in [1.165, 1.54) is 23.5 Å². The van der Waals surface area contributed by atoms with Gasteiger partial charge in [-0.05, 0) is 61.2 Å². The summed E-state index contributed by atoms with van der Waals surface area (Å²) in [6, 6.07) is 17.5. The zero-order valence-electron chi connectivity index (χ0n) is 20.5. The maximum atomic E-state index is 14.0. The van der Waals surface area contributed by atoms with Crippen LogP contribution in [0.3, 0.4) is 0 Å². The fourth-order valence-corrected chi connectivity index (χ4v) is 5.96. The highest BCUT2D eigenvalue weighted by molar-refractivity contribution is 7.89. The van der Waals surface area contributed by atoms with E-state index >= 15 is 0 Å². The van der Waals surface area contributed by atoms with Gasteiger partial charge < -0.3 is 14.8 Å². The number of amides is 1. The molecule has 1 fully saturated rings. The number of benzene rings is 2. The lowest BCUT2D eigenvalue weighted by Gasteiger charge is -2.29. The topological polar surface area (TPSA) is 115 Å². The number of sulfonamides is 1. The van der Waals surface area contributed by atoms with E-state index in [4.69, 9.17) is 9.47 Å². The Morgan fingerprint density at radius 3 is 2.54 bits per heavy atom. The second-order valence-corrected chi connectivity index (χ2v) is 10.5. The minimum atomic E-state index is -4.26. The second kappa shape index (κ2) is 12.0. The molecule has 1 aliphatic rings. The van der Waals surface area contributed by atoms with Gasteiger partial charge in [-0.25, -0.2) is 13.2 Å². The van der Waals surface area contributed by atoms with Crippen molar-refractivity contribution in [3.63, 3.8) is 0 Å². The average molecular weight is 524 g/mol. The minimum Gasteiger partial charge on any atom is -0.487 e. The number of aromatic nitrogens is 1. The Labute approximate surface area is 216 Å². The normalized spacial score (nSPS) is 16.1. The summed E-state index contributed by atoms with van der Waals surface area (Å²) in [4.78, 5) is 29.3. The Hall–Kier alpha value is -3.76. The van der Waals surface area contributed by atoms with Crippen LogP contribution in [0, 0.1) is 0 Å². The molecule has 1 aliphatic heterocycles. The molecule has 10 heteroatoms. The molecule has 4 rings (SSSR count). The summed E-state index contributed by atoms with van der Waals surface area (Å²) in [7, 11) is -3.06. The Morgan fingerprint density at radius 1 is 1.05 bits per heavy atom. The Bertz CT molecular complexity index is 1330. The zero-order chi connectivity index (χ0) is 26.3. The fourth-order valence-electron chi connectivity index (χ4n) is 4.17. The van der Waals surface area contributed by atoms with Crippen LogP contribution in [0.4, 0.5) is 0 Å². The highest BCUT2D eigenvalue weighted by Gasteiger charge is 2.38. The van der Waals surface area contributed by atoms with Gasteiger partial charge >= 0.3 is 5.97 Å². The predicted octanol–water partition coefficient (Wildman–Crippen LogP) is 3.31. The lowest BCUT2D eigenvalue weighted by atomic mass is 10.1. The number of pyridine rings is 1. The number of ether oxygens (including phenoxy) is 2. The highest BCUT2D eigenvalue weighted by Crippen LogP contribution is 2.28. The molecule has 1 saturated heterocycles. The molecule has 0 spiro atoms. The molecule has 2 heterocycles. The lowest BCUT2D eigenvalue weighted by molar-refractivity contribution is -0.124. The van der Waals surface area contributed by atoms with Crippen molar-refractivity contribution in [3.8, 4) is 5.75 Å². The minimum absolute atomic E-state index is 0.0591. The van der Waals surface area contributed by atoms with E-state index in [1.54, 1.807) is 42.6 Å². The van der Waals surface area contributed by atoms with Crippen molar-refractivity contribution < 1.29 is 27.5 Å². The quantitative estimate of drug-likeness (QED) is 0.428. The first-order valence-corrected chi connectivity index (χ1v) is 13.4. The van der Waals surface area contributed by atoms with E-state index in [0.717, 1.165) is 12.1 Å². The third-order valence-electron chi connectivity index (χ3n) is 6.11. The maximum absolute atomic E-state index is 14.0. The molecular weight excluding hydrogens is 494 g/mol. The van der Waals surface area contributed by atoms with Gasteiger partial charge in [-0.1, -0.05) is 30.3 Å². The van der Waals surface area contributed by atoms with Crippen LogP contribution in [-0.2, 0) is 32.7 Å². The summed E-state index contributed by atoms with van der Waals surface area (Å²) in [5.74, 6) is -0.516. The van der Waals surface area contributed by atoms with E-state index in [1.807, 2.05) is 18.2 Å². The van der Waals surface area contributed by atoms with Crippen LogP contribution in [0.2, 0.25) is 0 Å². The first-order valence-electron chi connectivity index (χ1n) is 12.0. The van der Waals surface area contributed by atoms with Gasteiger partial charge in [-0.15, -0.1) is 0 Å². The summed E-state index contributed by atoms with van der Waals surface area (Å²) in [5, 5.41) is 2.81. The van der Waals surface area contributed by atoms with Crippen molar-refractivity contribution in [3.05, 3.63) is 89.7 Å². The largest absolute Gasteiger partial charge is 0.487 e. The highest BCUT2D eigenvalue weighted by atomic mass is 32.2. The summed E-state index contributed by atoms with van der Waals surface area (Å²) in [5.41, 5.74) is 1.37. The first-order chi connectivity index (χ1) is 17.9. The maximum Gasteiger partial charge on any atom is 0.339 e. The molecule has 0 radical (unpaired) electrons. The van der Waals surface area contributed by atoms with Gasteiger partial charge in [0.05, 0.1) is 23.3 Å². The van der Waals surface area contributed by atoms with Gasteiger partial charge in [-0.2, -0.15) is 4.31 Å². The smallest absolute Gasteiger partial charge is 0.339 e. The summed E-state index contributed by atoms with van der Waals surface area (Å²) in [6.45, 7) is 0.730. The number of rotatable bonds is 9. The monoisotopic (exact) mass is 523 g/mol. The van der Waals surface area contributed by atoms with Gasteiger partial charge in [0.15, 0.2) is 0 Å². The second-order valence-electron chi connectivity index (χ2n) is 8.59. The van der Waals surface area contributed by atoms with E-state index in [2.05, 4.69) is 10.3 Å². The van der Waals surface area contributed by atoms with Gasteiger partial charge in [0.1, 0.15) is 18.4 Å². The van der Waals surface area contributed by atoms with Crippen molar-refractivity contribution in [2.75, 3.05) is 13.7 Å². The molecule has 1 atom stereocenters. The van der Waals surface area contributed by atoms with Crippen molar-refractivity contribution in [2.45, 2.75) is 43.4 Å². The van der Waals surface area contributed by atoms with Crippen molar-refractivity contribution in [1.82, 2.24) is 14.6 Å². The number of carbonyl (C=O) groups excluding carboxylic acids is 2. The molecule has 0 saturated carbocycles. The summed E-state index contributed by atoms with van der Waals surface area (Å²) < 4.78 is 39.7. The SMILES string of the molecule is COC(=O)c1ccccc1S(=O)(=O)N(Cc1ccc(OCc2ccccn2)cc1)[C@H]1CCCCNC1=O. The van der Waals surface area contributed by atoms with E-state index in [0.29, 0.717) is 37.3 Å². The molecule has 2 aromatic carbocycles. The molecule has 0 bridgehead atoms. The molecule has 1 N–H and O–H groups in total. The number of methoxy groups -OCH3 is 1. The average Bonchev–Trinajstić information content (AvgIpc) is 3.15. The molecular formula is C27H29N3O6S. The summed E-state index contributed by atoms with van der Waals surface area (Å²) in [6.07, 6.45) is 3.51. The zero-order valence-corrected chi connectivity index (χ0v) is 21.3. The van der Waals surface area contributed by atoms with Crippen LogP contribution in [0.5, 0.6) is 5.75 Å². The third-order valence-corrected chi connectivity index (χ3v) is 8.02. The first kappa shape index (κ1) is 26.3. The molecule has 194 valence electrons. The van der Waals surface area contributed by atoms with Crippen LogP contribution in [0.25, 0.3) is 0 Å². The molecule has 0 aliphatic carbocycles. The van der Waals surface area contributed by atoms with Crippen molar-refractivity contribution >= 4 is 21.9 Å². The molecule has 1 aromatic heterocycles.